The average molecular weight is 205 g/mol. The molecule has 10 heavy (non-hydrogen) atoms. The van der Waals surface area contributed by atoms with Crippen molar-refractivity contribution in [3.63, 3.8) is 0 Å². The number of aliphatic hydroxyl groups is 1. The Hall–Kier alpha value is -0.350. The third-order valence-electron chi connectivity index (χ3n) is 1.19. The van der Waals surface area contributed by atoms with E-state index >= 15 is 0 Å². The van der Waals surface area contributed by atoms with Gasteiger partial charge < -0.3 is 10.1 Å². The van der Waals surface area contributed by atoms with Gasteiger partial charge in [0.2, 0.25) is 0 Å². The average Bonchev–Trinajstić information content (AvgIpc) is 2.40. The van der Waals surface area contributed by atoms with Crippen LogP contribution in [0.4, 0.5) is 0 Å². The Morgan fingerprint density at radius 1 is 1.80 bits per heavy atom. The van der Waals surface area contributed by atoms with Crippen molar-refractivity contribution < 1.29 is 5.11 Å². The summed E-state index contributed by atoms with van der Waals surface area (Å²) in [6, 6.07) is 0. The van der Waals surface area contributed by atoms with E-state index in [1.807, 2.05) is 0 Å². The van der Waals surface area contributed by atoms with Gasteiger partial charge in [-0.3, -0.25) is 0 Å². The Morgan fingerprint density at radius 2 is 2.60 bits per heavy atom. The van der Waals surface area contributed by atoms with Crippen molar-refractivity contribution in [1.29, 1.82) is 0 Å². The molecule has 0 saturated carbocycles. The third kappa shape index (κ3) is 2.11. The van der Waals surface area contributed by atoms with Crippen molar-refractivity contribution in [2.45, 2.75) is 11.2 Å². The van der Waals surface area contributed by atoms with Crippen LogP contribution in [0, 0.1) is 0 Å². The number of nitrogens with zero attached hydrogens (tertiary/aromatic N) is 1. The summed E-state index contributed by atoms with van der Waals surface area (Å²) in [6.45, 7) is 0.152. The van der Waals surface area contributed by atoms with E-state index in [1.165, 1.54) is 0 Å². The first-order chi connectivity index (χ1) is 4.83. The highest BCUT2D eigenvalue weighted by Crippen LogP contribution is 2.05. The van der Waals surface area contributed by atoms with E-state index in [0.717, 1.165) is 12.1 Å². The number of hydrogen-bond acceptors (Lipinski definition) is 2. The predicted molar refractivity (Wildman–Crippen MR) is 42.1 cm³/mol. The summed E-state index contributed by atoms with van der Waals surface area (Å²) >= 11 is 3.30. The summed E-state index contributed by atoms with van der Waals surface area (Å²) < 4.78 is 0. The zero-order chi connectivity index (χ0) is 7.40. The van der Waals surface area contributed by atoms with Gasteiger partial charge in [0.15, 0.2) is 0 Å². The van der Waals surface area contributed by atoms with E-state index in [4.69, 9.17) is 5.11 Å². The lowest BCUT2D eigenvalue weighted by atomic mass is 10.3. The van der Waals surface area contributed by atoms with E-state index in [0.29, 0.717) is 0 Å². The number of aliphatic hydroxyl groups excluding tert-OH is 1. The lowest BCUT2D eigenvalue weighted by Crippen LogP contribution is -2.07. The highest BCUT2D eigenvalue weighted by atomic mass is 79.9. The smallest absolute Gasteiger partial charge is 0.0921 e. The van der Waals surface area contributed by atoms with Crippen molar-refractivity contribution >= 4 is 15.9 Å². The molecule has 2 N–H and O–H groups in total. The maximum Gasteiger partial charge on any atom is 0.0921 e. The molecule has 0 bridgehead atoms. The summed E-state index contributed by atoms with van der Waals surface area (Å²) in [6.07, 6.45) is 4.17. The van der Waals surface area contributed by atoms with E-state index in [1.54, 1.807) is 12.5 Å². The second-order valence-corrected chi connectivity index (χ2v) is 3.36. The fraction of sp³-hybridized carbons (Fsp3) is 0.500. The number of rotatable bonds is 3. The van der Waals surface area contributed by atoms with Crippen LogP contribution >= 0.6 is 15.9 Å². The Bertz CT molecular complexity index is 176. The highest BCUT2D eigenvalue weighted by molar-refractivity contribution is 9.09. The number of halogens is 1. The molecule has 56 valence electrons. The van der Waals surface area contributed by atoms with Crippen molar-refractivity contribution in [1.82, 2.24) is 9.97 Å². The fourth-order valence-corrected chi connectivity index (χ4v) is 1.05. The molecule has 1 aromatic rings. The summed E-state index contributed by atoms with van der Waals surface area (Å²) in [4.78, 5) is 6.93. The molecule has 0 spiro atoms. The highest BCUT2D eigenvalue weighted by Gasteiger charge is 2.03. The molecule has 3 nitrogen and oxygen atoms in total. The van der Waals surface area contributed by atoms with Gasteiger partial charge >= 0.3 is 0 Å². The quantitative estimate of drug-likeness (QED) is 0.714. The fourth-order valence-electron chi connectivity index (χ4n) is 0.699. The molecule has 0 aliphatic carbocycles. The number of aromatic nitrogens is 2. The van der Waals surface area contributed by atoms with Gasteiger partial charge in [0, 0.05) is 23.1 Å². The zero-order valence-corrected chi connectivity index (χ0v) is 7.00. The van der Waals surface area contributed by atoms with Gasteiger partial charge in [0.05, 0.1) is 12.9 Å². The molecule has 1 atom stereocenters. The molecule has 1 rings (SSSR count). The molecule has 0 radical (unpaired) electrons. The summed E-state index contributed by atoms with van der Waals surface area (Å²) in [5, 5.41) is 8.65. The minimum Gasteiger partial charge on any atom is -0.395 e. The molecule has 1 unspecified atom stereocenters. The monoisotopic (exact) mass is 204 g/mol. The third-order valence-corrected chi connectivity index (χ3v) is 1.81. The normalized spacial score (nSPS) is 13.4. The van der Waals surface area contributed by atoms with Gasteiger partial charge in [-0.05, 0) is 0 Å². The van der Waals surface area contributed by atoms with Crippen LogP contribution in [0.15, 0.2) is 12.5 Å². The standard InChI is InChI=1S/C6H9BrN2O/c7-5(3-10)1-6-2-8-4-9-6/h2,4-5,10H,1,3H2,(H,8,9). The first-order valence-electron chi connectivity index (χ1n) is 3.05. The van der Waals surface area contributed by atoms with Gasteiger partial charge in [0.1, 0.15) is 0 Å². The van der Waals surface area contributed by atoms with Gasteiger partial charge in [-0.25, -0.2) is 4.98 Å². The van der Waals surface area contributed by atoms with Gasteiger partial charge in [0.25, 0.3) is 0 Å². The minimum atomic E-state index is 0.132. The molecule has 0 aromatic carbocycles. The molecule has 0 aliphatic rings. The maximum atomic E-state index is 8.65. The molecule has 0 amide bonds. The second-order valence-electron chi connectivity index (χ2n) is 2.06. The predicted octanol–water partition coefficient (Wildman–Crippen LogP) is 0.708. The number of alkyl halides is 1. The van der Waals surface area contributed by atoms with Gasteiger partial charge in [-0.15, -0.1) is 0 Å². The van der Waals surface area contributed by atoms with Crippen LogP contribution < -0.4 is 0 Å². The van der Waals surface area contributed by atoms with Crippen LogP contribution in [-0.2, 0) is 6.42 Å². The molecule has 0 fully saturated rings. The van der Waals surface area contributed by atoms with Crippen molar-refractivity contribution in [3.05, 3.63) is 18.2 Å². The maximum absolute atomic E-state index is 8.65. The van der Waals surface area contributed by atoms with E-state index in [-0.39, 0.29) is 11.4 Å². The number of H-pyrrole nitrogens is 1. The Kier molecular flexibility index (Phi) is 2.89. The number of aromatic amines is 1. The van der Waals surface area contributed by atoms with E-state index in [2.05, 4.69) is 25.9 Å². The van der Waals surface area contributed by atoms with E-state index in [9.17, 15) is 0 Å². The molecule has 1 heterocycles. The van der Waals surface area contributed by atoms with Crippen LogP contribution in [-0.4, -0.2) is 26.5 Å². The largest absolute Gasteiger partial charge is 0.395 e. The lowest BCUT2D eigenvalue weighted by Gasteiger charge is -2.01. The Labute approximate surface area is 67.6 Å². The number of hydrogen-bond donors (Lipinski definition) is 2. The lowest BCUT2D eigenvalue weighted by molar-refractivity contribution is 0.296. The Balaban J connectivity index is 2.40. The molecular formula is C6H9BrN2O. The van der Waals surface area contributed by atoms with Crippen molar-refractivity contribution in [2.75, 3.05) is 6.61 Å². The van der Waals surface area contributed by atoms with Crippen LogP contribution in [0.2, 0.25) is 0 Å². The SMILES string of the molecule is OCC(Br)Cc1cnc[nH]1. The molecule has 0 aliphatic heterocycles. The first-order valence-corrected chi connectivity index (χ1v) is 3.96. The molecular weight excluding hydrogens is 196 g/mol. The van der Waals surface area contributed by atoms with Crippen LogP contribution in [0.3, 0.4) is 0 Å². The Morgan fingerprint density at radius 3 is 3.10 bits per heavy atom. The second kappa shape index (κ2) is 3.73. The molecule has 1 aromatic heterocycles. The van der Waals surface area contributed by atoms with Crippen LogP contribution in [0.1, 0.15) is 5.69 Å². The van der Waals surface area contributed by atoms with Crippen LogP contribution in [0.25, 0.3) is 0 Å². The number of nitrogens with one attached hydrogen (secondary N) is 1. The first kappa shape index (κ1) is 7.75. The summed E-state index contributed by atoms with van der Waals surface area (Å²) in [5.41, 5.74) is 1.04. The zero-order valence-electron chi connectivity index (χ0n) is 5.42. The topological polar surface area (TPSA) is 48.9 Å². The van der Waals surface area contributed by atoms with E-state index < -0.39 is 0 Å². The van der Waals surface area contributed by atoms with Crippen molar-refractivity contribution in [2.24, 2.45) is 0 Å². The minimum absolute atomic E-state index is 0.132. The summed E-state index contributed by atoms with van der Waals surface area (Å²) in [7, 11) is 0. The van der Waals surface area contributed by atoms with Gasteiger partial charge in [-0.2, -0.15) is 0 Å². The molecule has 0 saturated heterocycles. The number of imidazole rings is 1. The van der Waals surface area contributed by atoms with Crippen molar-refractivity contribution in [3.8, 4) is 0 Å². The molecule has 4 heteroatoms. The summed E-state index contributed by atoms with van der Waals surface area (Å²) in [5.74, 6) is 0. The van der Waals surface area contributed by atoms with Gasteiger partial charge in [-0.1, -0.05) is 15.9 Å². The van der Waals surface area contributed by atoms with Crippen LogP contribution in [0.5, 0.6) is 0 Å².